The summed E-state index contributed by atoms with van der Waals surface area (Å²) in [4.78, 5) is 4.36. The van der Waals surface area contributed by atoms with Crippen LogP contribution >= 0.6 is 15.9 Å². The number of rotatable bonds is 5. The summed E-state index contributed by atoms with van der Waals surface area (Å²) in [7, 11) is 0. The smallest absolute Gasteiger partial charge is 0.302 e. The summed E-state index contributed by atoms with van der Waals surface area (Å²) in [5.74, 6) is 0. The highest BCUT2D eigenvalue weighted by atomic mass is 79.9. The molecule has 2 nitrogen and oxygen atoms in total. The standard InChI is InChI=1S/C23H23BrF6N2/c24-20-6-2-1-5-15(20)13-32-19(14-31-7-3-4-8-31)12-21(32)16-9-17(22(25,26)27)11-18(10-16)23(28,29)30/h1-2,5-6,9-11,19,21H,3-4,7-8,12-14H2/t19-,21+/m0/s1. The van der Waals surface area contributed by atoms with Gasteiger partial charge >= 0.3 is 12.4 Å². The molecule has 2 aliphatic rings. The van der Waals surface area contributed by atoms with Crippen molar-refractivity contribution >= 4 is 15.9 Å². The Bertz CT molecular complexity index is 920. The topological polar surface area (TPSA) is 6.48 Å². The SMILES string of the molecule is FC(F)(F)c1cc([C@H]2C[C@@H](CN3CCCC3)N2Cc2ccccc2Br)cc(C(F)(F)F)c1. The van der Waals surface area contributed by atoms with Crippen LogP contribution in [0.3, 0.4) is 0 Å². The molecule has 2 atom stereocenters. The predicted molar refractivity (Wildman–Crippen MR) is 113 cm³/mol. The quantitative estimate of drug-likeness (QED) is 0.395. The lowest BCUT2D eigenvalue weighted by Gasteiger charge is -2.50. The van der Waals surface area contributed by atoms with E-state index in [2.05, 4.69) is 20.8 Å². The Balaban J connectivity index is 1.66. The molecule has 2 aliphatic heterocycles. The van der Waals surface area contributed by atoms with Gasteiger partial charge in [-0.15, -0.1) is 0 Å². The van der Waals surface area contributed by atoms with Gasteiger partial charge in [0.15, 0.2) is 0 Å². The van der Waals surface area contributed by atoms with Crippen molar-refractivity contribution in [2.45, 2.75) is 50.2 Å². The van der Waals surface area contributed by atoms with Gasteiger partial charge in [-0.2, -0.15) is 26.3 Å². The van der Waals surface area contributed by atoms with Crippen LogP contribution in [0.4, 0.5) is 26.3 Å². The van der Waals surface area contributed by atoms with Crippen molar-refractivity contribution in [3.05, 3.63) is 69.2 Å². The van der Waals surface area contributed by atoms with Gasteiger partial charge < -0.3 is 4.90 Å². The summed E-state index contributed by atoms with van der Waals surface area (Å²) in [6, 6.07) is 9.06. The van der Waals surface area contributed by atoms with Gasteiger partial charge in [-0.25, -0.2) is 0 Å². The van der Waals surface area contributed by atoms with Crippen molar-refractivity contribution in [1.29, 1.82) is 0 Å². The number of likely N-dealkylation sites (tertiary alicyclic amines) is 2. The summed E-state index contributed by atoms with van der Waals surface area (Å²) in [5.41, 5.74) is -1.50. The molecule has 2 fully saturated rings. The van der Waals surface area contributed by atoms with E-state index < -0.39 is 29.5 Å². The molecule has 0 N–H and O–H groups in total. The van der Waals surface area contributed by atoms with E-state index in [1.165, 1.54) is 0 Å². The zero-order valence-corrected chi connectivity index (χ0v) is 18.8. The van der Waals surface area contributed by atoms with Crippen LogP contribution in [0, 0.1) is 0 Å². The van der Waals surface area contributed by atoms with Gasteiger partial charge in [-0.3, -0.25) is 4.90 Å². The number of nitrogens with zero attached hydrogens (tertiary/aromatic N) is 2. The number of hydrogen-bond donors (Lipinski definition) is 0. The lowest BCUT2D eigenvalue weighted by atomic mass is 9.84. The van der Waals surface area contributed by atoms with Crippen LogP contribution in [0.1, 0.15) is 47.6 Å². The molecule has 0 saturated carbocycles. The third-order valence-electron chi connectivity index (χ3n) is 6.34. The van der Waals surface area contributed by atoms with E-state index in [0.29, 0.717) is 13.0 Å². The Hall–Kier alpha value is -1.58. The molecular formula is C23H23BrF6N2. The number of benzene rings is 2. The summed E-state index contributed by atoms with van der Waals surface area (Å²) in [5, 5.41) is 0. The molecule has 0 amide bonds. The molecule has 9 heteroatoms. The fraction of sp³-hybridized carbons (Fsp3) is 0.478. The van der Waals surface area contributed by atoms with E-state index in [1.807, 2.05) is 29.2 Å². The van der Waals surface area contributed by atoms with E-state index in [1.54, 1.807) is 0 Å². The zero-order chi connectivity index (χ0) is 23.1. The van der Waals surface area contributed by atoms with Crippen LogP contribution in [0.15, 0.2) is 46.9 Å². The molecule has 2 aromatic rings. The van der Waals surface area contributed by atoms with Crippen molar-refractivity contribution in [3.8, 4) is 0 Å². The van der Waals surface area contributed by atoms with Crippen LogP contribution in [-0.4, -0.2) is 35.5 Å². The van der Waals surface area contributed by atoms with E-state index in [9.17, 15) is 26.3 Å². The van der Waals surface area contributed by atoms with Crippen LogP contribution in [0.2, 0.25) is 0 Å². The lowest BCUT2D eigenvalue weighted by molar-refractivity contribution is -0.143. The van der Waals surface area contributed by atoms with Crippen molar-refractivity contribution in [2.75, 3.05) is 19.6 Å². The fourth-order valence-corrected chi connectivity index (χ4v) is 5.06. The third kappa shape index (κ3) is 5.15. The highest BCUT2D eigenvalue weighted by molar-refractivity contribution is 9.10. The molecule has 2 saturated heterocycles. The van der Waals surface area contributed by atoms with Crippen molar-refractivity contribution < 1.29 is 26.3 Å². The number of hydrogen-bond acceptors (Lipinski definition) is 2. The molecule has 0 spiro atoms. The van der Waals surface area contributed by atoms with Gasteiger partial charge in [0.05, 0.1) is 11.1 Å². The van der Waals surface area contributed by atoms with Gasteiger partial charge in [0.2, 0.25) is 0 Å². The first-order valence-corrected chi connectivity index (χ1v) is 11.3. The second-order valence-electron chi connectivity index (χ2n) is 8.52. The minimum atomic E-state index is -4.85. The van der Waals surface area contributed by atoms with E-state index in [-0.39, 0.29) is 17.7 Å². The summed E-state index contributed by atoms with van der Waals surface area (Å²) in [6.45, 7) is 3.17. The molecule has 0 aliphatic carbocycles. The van der Waals surface area contributed by atoms with Gasteiger partial charge in [0.1, 0.15) is 0 Å². The summed E-state index contributed by atoms with van der Waals surface area (Å²) in [6.07, 6.45) is -6.94. The monoisotopic (exact) mass is 520 g/mol. The third-order valence-corrected chi connectivity index (χ3v) is 7.11. The van der Waals surface area contributed by atoms with Gasteiger partial charge in [-0.05, 0) is 67.7 Å². The van der Waals surface area contributed by atoms with Crippen LogP contribution in [0.5, 0.6) is 0 Å². The first-order chi connectivity index (χ1) is 15.0. The average Bonchev–Trinajstić information content (AvgIpc) is 3.22. The Morgan fingerprint density at radius 1 is 0.875 bits per heavy atom. The minimum absolute atomic E-state index is 0.0666. The van der Waals surface area contributed by atoms with Gasteiger partial charge in [-0.1, -0.05) is 34.1 Å². The van der Waals surface area contributed by atoms with Gasteiger partial charge in [0, 0.05) is 29.6 Å². The molecule has 2 heterocycles. The highest BCUT2D eigenvalue weighted by Gasteiger charge is 2.43. The molecule has 174 valence electrons. The molecule has 32 heavy (non-hydrogen) atoms. The molecule has 0 bridgehead atoms. The second-order valence-corrected chi connectivity index (χ2v) is 9.37. The van der Waals surface area contributed by atoms with Crippen molar-refractivity contribution in [2.24, 2.45) is 0 Å². The van der Waals surface area contributed by atoms with Crippen LogP contribution in [-0.2, 0) is 18.9 Å². The van der Waals surface area contributed by atoms with Crippen molar-refractivity contribution in [3.63, 3.8) is 0 Å². The minimum Gasteiger partial charge on any atom is -0.302 e. The Labute approximate surface area is 191 Å². The fourth-order valence-electron chi connectivity index (χ4n) is 4.65. The summed E-state index contributed by atoms with van der Waals surface area (Å²) >= 11 is 3.50. The average molecular weight is 521 g/mol. The Morgan fingerprint density at radius 3 is 2.03 bits per heavy atom. The predicted octanol–water partition coefficient (Wildman–Crippen LogP) is 6.90. The lowest BCUT2D eigenvalue weighted by Crippen LogP contribution is -2.54. The maximum Gasteiger partial charge on any atom is 0.416 e. The number of halogens is 7. The highest BCUT2D eigenvalue weighted by Crippen LogP contribution is 2.45. The first kappa shape index (κ1) is 23.6. The van der Waals surface area contributed by atoms with Gasteiger partial charge in [0.25, 0.3) is 0 Å². The normalized spacial score (nSPS) is 22.8. The van der Waals surface area contributed by atoms with Crippen LogP contribution < -0.4 is 0 Å². The molecule has 0 radical (unpaired) electrons. The zero-order valence-electron chi connectivity index (χ0n) is 17.2. The number of alkyl halides is 6. The summed E-state index contributed by atoms with van der Waals surface area (Å²) < 4.78 is 81.1. The van der Waals surface area contributed by atoms with E-state index in [4.69, 9.17) is 0 Å². The van der Waals surface area contributed by atoms with E-state index >= 15 is 0 Å². The largest absolute Gasteiger partial charge is 0.416 e. The molecule has 4 rings (SSSR count). The van der Waals surface area contributed by atoms with Crippen LogP contribution in [0.25, 0.3) is 0 Å². The first-order valence-electron chi connectivity index (χ1n) is 10.5. The molecular weight excluding hydrogens is 498 g/mol. The van der Waals surface area contributed by atoms with E-state index in [0.717, 1.165) is 54.6 Å². The Kier molecular flexibility index (Phi) is 6.62. The molecule has 0 aromatic heterocycles. The second kappa shape index (κ2) is 8.99. The maximum atomic E-state index is 13.4. The molecule has 2 aromatic carbocycles. The van der Waals surface area contributed by atoms with Crippen molar-refractivity contribution in [1.82, 2.24) is 9.80 Å². The maximum absolute atomic E-state index is 13.4. The Morgan fingerprint density at radius 2 is 1.47 bits per heavy atom. The molecule has 0 unspecified atom stereocenters.